The van der Waals surface area contributed by atoms with E-state index >= 15 is 0 Å². The minimum absolute atomic E-state index is 0.0944. The average molecular weight is 931 g/mol. The monoisotopic (exact) mass is 931 g/mol. The summed E-state index contributed by atoms with van der Waals surface area (Å²) in [4.78, 5) is 23.1. The van der Waals surface area contributed by atoms with Crippen LogP contribution in [0.1, 0.15) is 290 Å². The fraction of sp³-hybridized carbons (Fsp3) is 0.982. The van der Waals surface area contributed by atoms with Gasteiger partial charge in [-0.05, 0) is 12.8 Å². The van der Waals surface area contributed by atoms with Crippen LogP contribution in [-0.2, 0) is 27.9 Å². The highest BCUT2D eigenvalue weighted by molar-refractivity contribution is 7.47. The molecule has 0 aliphatic carbocycles. The van der Waals surface area contributed by atoms with Crippen LogP contribution in [0.25, 0.3) is 0 Å². The quantitative estimate of drug-likeness (QED) is 0.0281. The summed E-state index contributed by atoms with van der Waals surface area (Å²) in [7, 11) is 1.69. The number of likely N-dealkylation sites (N-methyl/N-ethyl adjacent to an activating group) is 1. The number of carbonyl (C=O) groups excluding carboxylic acids is 1. The molecule has 0 amide bonds. The van der Waals surface area contributed by atoms with Crippen LogP contribution < -0.4 is 0 Å². The molecule has 64 heavy (non-hydrogen) atoms. The van der Waals surface area contributed by atoms with E-state index in [9.17, 15) is 14.3 Å². The van der Waals surface area contributed by atoms with Gasteiger partial charge in [0.05, 0.1) is 34.4 Å². The maximum atomic E-state index is 12.8. The van der Waals surface area contributed by atoms with E-state index in [1.807, 2.05) is 21.1 Å². The van der Waals surface area contributed by atoms with Crippen molar-refractivity contribution >= 4 is 13.8 Å². The van der Waals surface area contributed by atoms with Crippen molar-refractivity contribution in [3.8, 4) is 0 Å². The Bertz CT molecular complexity index is 992. The van der Waals surface area contributed by atoms with Gasteiger partial charge < -0.3 is 18.9 Å². The highest BCUT2D eigenvalue weighted by Crippen LogP contribution is 2.43. The van der Waals surface area contributed by atoms with Gasteiger partial charge in [0, 0.05) is 13.0 Å². The Labute approximate surface area is 399 Å². The lowest BCUT2D eigenvalue weighted by Crippen LogP contribution is -2.37. The molecule has 0 radical (unpaired) electrons. The van der Waals surface area contributed by atoms with Gasteiger partial charge in [0.1, 0.15) is 19.3 Å². The number of nitrogens with zero attached hydrogens (tertiary/aromatic N) is 1. The molecule has 0 aromatic rings. The minimum atomic E-state index is -4.27. The summed E-state index contributed by atoms with van der Waals surface area (Å²) in [5, 5.41) is 0. The predicted molar refractivity (Wildman–Crippen MR) is 275 cm³/mol. The molecule has 0 rings (SSSR count). The molecule has 0 aromatic heterocycles. The third kappa shape index (κ3) is 52.5. The molecule has 0 aliphatic heterocycles. The van der Waals surface area contributed by atoms with Crippen molar-refractivity contribution in [2.75, 3.05) is 54.1 Å². The number of esters is 1. The topological polar surface area (TPSA) is 91.3 Å². The van der Waals surface area contributed by atoms with Crippen molar-refractivity contribution in [1.82, 2.24) is 0 Å². The summed E-state index contributed by atoms with van der Waals surface area (Å²) in [6.45, 7) is 5.72. The van der Waals surface area contributed by atoms with Gasteiger partial charge in [-0.1, -0.05) is 271 Å². The number of phosphoric acid groups is 1. The van der Waals surface area contributed by atoms with Crippen LogP contribution >= 0.6 is 7.82 Å². The second kappa shape index (κ2) is 48.9. The van der Waals surface area contributed by atoms with Gasteiger partial charge >= 0.3 is 13.8 Å². The zero-order valence-corrected chi connectivity index (χ0v) is 44.7. The molecule has 0 aliphatic rings. The van der Waals surface area contributed by atoms with E-state index in [1.54, 1.807) is 0 Å². The van der Waals surface area contributed by atoms with Gasteiger partial charge in [-0.25, -0.2) is 4.57 Å². The summed E-state index contributed by atoms with van der Waals surface area (Å²) in [5.41, 5.74) is 0. The molecule has 2 unspecified atom stereocenters. The van der Waals surface area contributed by atoms with Gasteiger partial charge in [0.15, 0.2) is 0 Å². The molecule has 0 heterocycles. The van der Waals surface area contributed by atoms with Crippen LogP contribution in [-0.4, -0.2) is 75.6 Å². The predicted octanol–water partition coefficient (Wildman–Crippen LogP) is 17.6. The zero-order valence-electron chi connectivity index (χ0n) is 43.8. The highest BCUT2D eigenvalue weighted by atomic mass is 31.2. The van der Waals surface area contributed by atoms with Gasteiger partial charge in [0.25, 0.3) is 0 Å². The fourth-order valence-electron chi connectivity index (χ4n) is 8.56. The first kappa shape index (κ1) is 63.5. The molecule has 8 nitrogen and oxygen atoms in total. The number of unbranched alkanes of at least 4 members (excludes halogenated alkanes) is 40. The summed E-state index contributed by atoms with van der Waals surface area (Å²) in [6.07, 6.45) is 55.9. The number of hydrogen-bond acceptors (Lipinski definition) is 6. The number of phosphoric ester groups is 1. The number of hydrogen-bond donors (Lipinski definition) is 1. The van der Waals surface area contributed by atoms with Crippen molar-refractivity contribution < 1.29 is 37.3 Å². The second-order valence-electron chi connectivity index (χ2n) is 20.7. The molecule has 0 aromatic carbocycles. The molecule has 2 atom stereocenters. The SMILES string of the molecule is CCCCCCCCCCCCCCCCCCCCCCCCC(=O)OC(COCCCCCCCCCCCCCCCCCCCCCC)COP(=O)(O)OCC[N+](C)(C)C. The van der Waals surface area contributed by atoms with Crippen molar-refractivity contribution in [2.24, 2.45) is 0 Å². The molecular weight excluding hydrogens is 818 g/mol. The summed E-state index contributed by atoms with van der Waals surface area (Å²) >= 11 is 0. The summed E-state index contributed by atoms with van der Waals surface area (Å²) in [6, 6.07) is 0. The number of quaternary nitrogens is 1. The van der Waals surface area contributed by atoms with Crippen LogP contribution in [0.4, 0.5) is 0 Å². The van der Waals surface area contributed by atoms with Crippen molar-refractivity contribution in [2.45, 2.75) is 296 Å². The molecule has 0 fully saturated rings. The summed E-state index contributed by atoms with van der Waals surface area (Å²) in [5.74, 6) is -0.303. The van der Waals surface area contributed by atoms with E-state index in [0.29, 0.717) is 24.1 Å². The lowest BCUT2D eigenvalue weighted by Gasteiger charge is -2.24. The van der Waals surface area contributed by atoms with Crippen molar-refractivity contribution in [3.63, 3.8) is 0 Å². The van der Waals surface area contributed by atoms with Crippen LogP contribution in [0, 0.1) is 0 Å². The Morgan fingerprint density at radius 1 is 0.422 bits per heavy atom. The van der Waals surface area contributed by atoms with E-state index in [-0.39, 0.29) is 25.8 Å². The summed E-state index contributed by atoms with van der Waals surface area (Å²) < 4.78 is 35.3. The Balaban J connectivity index is 4.02. The van der Waals surface area contributed by atoms with E-state index in [1.165, 1.54) is 238 Å². The normalized spacial score (nSPS) is 13.4. The lowest BCUT2D eigenvalue weighted by molar-refractivity contribution is -0.870. The van der Waals surface area contributed by atoms with Crippen LogP contribution in [0.15, 0.2) is 0 Å². The van der Waals surface area contributed by atoms with Crippen LogP contribution in [0.5, 0.6) is 0 Å². The van der Waals surface area contributed by atoms with Gasteiger partial charge in [-0.3, -0.25) is 13.8 Å². The van der Waals surface area contributed by atoms with Gasteiger partial charge in [-0.15, -0.1) is 0 Å². The standard InChI is InChI=1S/C55H112NO7P/c1-6-8-10-12-14-16-18-20-22-24-26-28-29-30-32-34-36-38-40-42-44-46-48-55(57)63-54(53-62-64(58,59)61-51-49-56(3,4)5)52-60-50-47-45-43-41-39-37-35-33-31-27-25-23-21-19-17-15-13-11-9-7-2/h54H,6-53H2,1-5H3/p+1. The minimum Gasteiger partial charge on any atom is -0.457 e. The van der Waals surface area contributed by atoms with Crippen molar-refractivity contribution in [1.29, 1.82) is 0 Å². The first-order valence-electron chi connectivity index (χ1n) is 28.3. The molecule has 0 spiro atoms. The van der Waals surface area contributed by atoms with E-state index in [4.69, 9.17) is 18.5 Å². The first-order chi connectivity index (χ1) is 31.1. The zero-order chi connectivity index (χ0) is 46.9. The fourth-order valence-corrected chi connectivity index (χ4v) is 9.30. The molecule has 9 heteroatoms. The highest BCUT2D eigenvalue weighted by Gasteiger charge is 2.26. The number of rotatable bonds is 54. The van der Waals surface area contributed by atoms with E-state index in [0.717, 1.165) is 32.1 Å². The Morgan fingerprint density at radius 2 is 0.719 bits per heavy atom. The average Bonchev–Trinajstić information content (AvgIpc) is 3.25. The number of ether oxygens (including phenoxy) is 2. The van der Waals surface area contributed by atoms with Gasteiger partial charge in [-0.2, -0.15) is 0 Å². The first-order valence-corrected chi connectivity index (χ1v) is 29.8. The second-order valence-corrected chi connectivity index (χ2v) is 22.1. The molecule has 384 valence electrons. The molecule has 0 bridgehead atoms. The molecule has 1 N–H and O–H groups in total. The van der Waals surface area contributed by atoms with Gasteiger partial charge in [0.2, 0.25) is 0 Å². The van der Waals surface area contributed by atoms with Crippen molar-refractivity contribution in [3.05, 3.63) is 0 Å². The third-order valence-corrected chi connectivity index (χ3v) is 13.9. The third-order valence-electron chi connectivity index (χ3n) is 12.9. The molecule has 0 saturated heterocycles. The number of carbonyl (C=O) groups is 1. The largest absolute Gasteiger partial charge is 0.472 e. The lowest BCUT2D eigenvalue weighted by atomic mass is 10.0. The Hall–Kier alpha value is -0.500. The Morgan fingerprint density at radius 3 is 1.03 bits per heavy atom. The molecular formula is C55H113NO7P+. The van der Waals surface area contributed by atoms with Crippen LogP contribution in [0.2, 0.25) is 0 Å². The molecule has 0 saturated carbocycles. The Kier molecular flexibility index (Phi) is 48.6. The van der Waals surface area contributed by atoms with E-state index < -0.39 is 13.9 Å². The van der Waals surface area contributed by atoms with E-state index in [2.05, 4.69) is 13.8 Å². The maximum absolute atomic E-state index is 12.8. The van der Waals surface area contributed by atoms with Crippen LogP contribution in [0.3, 0.4) is 0 Å². The smallest absolute Gasteiger partial charge is 0.457 e. The maximum Gasteiger partial charge on any atom is 0.472 e.